The molecule has 0 heterocycles. The minimum absolute atomic E-state index is 0.785. The van der Waals surface area contributed by atoms with Crippen LogP contribution in [0.1, 0.15) is 0 Å². The molecule has 0 bridgehead atoms. The first-order valence-electron chi connectivity index (χ1n) is 6.25. The average molecular weight is 265 g/mol. The van der Waals surface area contributed by atoms with Crippen molar-refractivity contribution >= 4 is 11.6 Å². The van der Waals surface area contributed by atoms with E-state index in [2.05, 4.69) is 48.5 Å². The largest absolute Gasteiger partial charge is 0.0837 e. The molecule has 0 aliphatic rings. The van der Waals surface area contributed by atoms with Gasteiger partial charge in [-0.1, -0.05) is 78.3 Å². The SMILES string of the molecule is Clc1ccccc1-c1cccc(-c2ccccc2)c1. The van der Waals surface area contributed by atoms with Crippen LogP contribution in [0.4, 0.5) is 0 Å². The Hall–Kier alpha value is -2.05. The van der Waals surface area contributed by atoms with Crippen LogP contribution in [-0.4, -0.2) is 0 Å². The summed E-state index contributed by atoms with van der Waals surface area (Å²) in [7, 11) is 0. The van der Waals surface area contributed by atoms with Crippen LogP contribution in [0.2, 0.25) is 5.02 Å². The lowest BCUT2D eigenvalue weighted by atomic mass is 9.99. The molecule has 0 saturated carbocycles. The molecule has 1 heteroatoms. The lowest BCUT2D eigenvalue weighted by molar-refractivity contribution is 1.59. The summed E-state index contributed by atoms with van der Waals surface area (Å²) in [5.41, 5.74) is 4.64. The molecule has 92 valence electrons. The first-order chi connectivity index (χ1) is 9.34. The normalized spacial score (nSPS) is 10.4. The van der Waals surface area contributed by atoms with Crippen molar-refractivity contribution in [2.24, 2.45) is 0 Å². The molecule has 0 atom stereocenters. The van der Waals surface area contributed by atoms with Gasteiger partial charge in [0.2, 0.25) is 0 Å². The highest BCUT2D eigenvalue weighted by molar-refractivity contribution is 6.33. The maximum absolute atomic E-state index is 6.26. The predicted octanol–water partition coefficient (Wildman–Crippen LogP) is 5.67. The van der Waals surface area contributed by atoms with Crippen molar-refractivity contribution in [2.75, 3.05) is 0 Å². The van der Waals surface area contributed by atoms with Crippen LogP contribution in [0, 0.1) is 0 Å². The van der Waals surface area contributed by atoms with E-state index in [1.54, 1.807) is 0 Å². The molecule has 0 aromatic heterocycles. The minimum Gasteiger partial charge on any atom is -0.0837 e. The van der Waals surface area contributed by atoms with Crippen LogP contribution in [0.25, 0.3) is 22.3 Å². The highest BCUT2D eigenvalue weighted by Gasteiger charge is 2.04. The molecule has 3 rings (SSSR count). The molecule has 0 nitrogen and oxygen atoms in total. The maximum atomic E-state index is 6.26. The molecule has 0 saturated heterocycles. The van der Waals surface area contributed by atoms with E-state index < -0.39 is 0 Å². The number of hydrogen-bond donors (Lipinski definition) is 0. The van der Waals surface area contributed by atoms with E-state index in [9.17, 15) is 0 Å². The Bertz CT molecular complexity index is 687. The van der Waals surface area contributed by atoms with Crippen molar-refractivity contribution in [3.05, 3.63) is 83.9 Å². The van der Waals surface area contributed by atoms with Gasteiger partial charge in [0, 0.05) is 10.6 Å². The lowest BCUT2D eigenvalue weighted by Crippen LogP contribution is -1.82. The second-order valence-electron chi connectivity index (χ2n) is 4.43. The number of rotatable bonds is 2. The molecule has 0 N–H and O–H groups in total. The Labute approximate surface area is 118 Å². The predicted molar refractivity (Wildman–Crippen MR) is 82.3 cm³/mol. The van der Waals surface area contributed by atoms with Gasteiger partial charge in [0.25, 0.3) is 0 Å². The number of halogens is 1. The van der Waals surface area contributed by atoms with Gasteiger partial charge in [-0.3, -0.25) is 0 Å². The van der Waals surface area contributed by atoms with Crippen LogP contribution >= 0.6 is 11.6 Å². The van der Waals surface area contributed by atoms with Crippen molar-refractivity contribution in [3.63, 3.8) is 0 Å². The number of benzene rings is 3. The second-order valence-corrected chi connectivity index (χ2v) is 4.83. The third-order valence-corrected chi connectivity index (χ3v) is 3.48. The molecular weight excluding hydrogens is 252 g/mol. The molecule has 3 aromatic rings. The molecule has 0 aliphatic heterocycles. The van der Waals surface area contributed by atoms with Crippen molar-refractivity contribution in [1.82, 2.24) is 0 Å². The second kappa shape index (κ2) is 5.29. The zero-order valence-electron chi connectivity index (χ0n) is 10.4. The van der Waals surface area contributed by atoms with Crippen molar-refractivity contribution in [1.29, 1.82) is 0 Å². The van der Waals surface area contributed by atoms with Gasteiger partial charge >= 0.3 is 0 Å². The fraction of sp³-hybridized carbons (Fsp3) is 0. The fourth-order valence-electron chi connectivity index (χ4n) is 2.19. The molecule has 0 fully saturated rings. The summed E-state index contributed by atoms with van der Waals surface area (Å²) < 4.78 is 0. The summed E-state index contributed by atoms with van der Waals surface area (Å²) >= 11 is 6.26. The standard InChI is InChI=1S/C18H13Cl/c19-18-12-5-4-11-17(18)16-10-6-9-15(13-16)14-7-2-1-3-8-14/h1-13H. The molecule has 0 unspecified atom stereocenters. The van der Waals surface area contributed by atoms with E-state index in [0.29, 0.717) is 0 Å². The molecule has 0 amide bonds. The quantitative estimate of drug-likeness (QED) is 0.559. The van der Waals surface area contributed by atoms with Gasteiger partial charge in [0.15, 0.2) is 0 Å². The maximum Gasteiger partial charge on any atom is 0.0484 e. The summed E-state index contributed by atoms with van der Waals surface area (Å²) in [4.78, 5) is 0. The van der Waals surface area contributed by atoms with E-state index in [1.807, 2.05) is 30.3 Å². The van der Waals surface area contributed by atoms with E-state index >= 15 is 0 Å². The molecule has 0 spiro atoms. The smallest absolute Gasteiger partial charge is 0.0484 e. The van der Waals surface area contributed by atoms with Crippen LogP contribution in [-0.2, 0) is 0 Å². The third-order valence-electron chi connectivity index (χ3n) is 3.15. The lowest BCUT2D eigenvalue weighted by Gasteiger charge is -2.07. The van der Waals surface area contributed by atoms with Crippen molar-refractivity contribution in [3.8, 4) is 22.3 Å². The molecule has 19 heavy (non-hydrogen) atoms. The third kappa shape index (κ3) is 2.54. The Kier molecular flexibility index (Phi) is 3.35. The molecule has 3 aromatic carbocycles. The number of hydrogen-bond acceptors (Lipinski definition) is 0. The zero-order chi connectivity index (χ0) is 13.1. The summed E-state index contributed by atoms with van der Waals surface area (Å²) in [5, 5.41) is 0.785. The average Bonchev–Trinajstić information content (AvgIpc) is 2.49. The molecule has 0 aliphatic carbocycles. The highest BCUT2D eigenvalue weighted by Crippen LogP contribution is 2.30. The highest BCUT2D eigenvalue weighted by atomic mass is 35.5. The monoisotopic (exact) mass is 264 g/mol. The van der Waals surface area contributed by atoms with E-state index in [0.717, 1.165) is 16.1 Å². The Morgan fingerprint density at radius 2 is 1.16 bits per heavy atom. The van der Waals surface area contributed by atoms with E-state index in [1.165, 1.54) is 11.1 Å². The topological polar surface area (TPSA) is 0 Å². The zero-order valence-corrected chi connectivity index (χ0v) is 11.1. The van der Waals surface area contributed by atoms with Crippen molar-refractivity contribution in [2.45, 2.75) is 0 Å². The van der Waals surface area contributed by atoms with Crippen LogP contribution in [0.15, 0.2) is 78.9 Å². The minimum atomic E-state index is 0.785. The van der Waals surface area contributed by atoms with Crippen LogP contribution in [0.5, 0.6) is 0 Å². The summed E-state index contributed by atoms with van der Waals surface area (Å²) in [6, 6.07) is 26.8. The Morgan fingerprint density at radius 3 is 1.95 bits per heavy atom. The fourth-order valence-corrected chi connectivity index (χ4v) is 2.44. The first-order valence-corrected chi connectivity index (χ1v) is 6.63. The van der Waals surface area contributed by atoms with E-state index in [4.69, 9.17) is 11.6 Å². The van der Waals surface area contributed by atoms with Crippen molar-refractivity contribution < 1.29 is 0 Å². The summed E-state index contributed by atoms with van der Waals surface area (Å²) in [5.74, 6) is 0. The first kappa shape index (κ1) is 12.0. The summed E-state index contributed by atoms with van der Waals surface area (Å²) in [6.07, 6.45) is 0. The summed E-state index contributed by atoms with van der Waals surface area (Å²) in [6.45, 7) is 0. The van der Waals surface area contributed by atoms with Crippen LogP contribution in [0.3, 0.4) is 0 Å². The van der Waals surface area contributed by atoms with Gasteiger partial charge in [-0.05, 0) is 28.8 Å². The molecule has 0 radical (unpaired) electrons. The Morgan fingerprint density at radius 1 is 0.526 bits per heavy atom. The van der Waals surface area contributed by atoms with Gasteiger partial charge in [0.1, 0.15) is 0 Å². The van der Waals surface area contributed by atoms with Crippen LogP contribution < -0.4 is 0 Å². The molecular formula is C18H13Cl. The Balaban J connectivity index is 2.09. The van der Waals surface area contributed by atoms with Gasteiger partial charge in [-0.25, -0.2) is 0 Å². The van der Waals surface area contributed by atoms with Gasteiger partial charge in [0.05, 0.1) is 0 Å². The van der Waals surface area contributed by atoms with Gasteiger partial charge in [-0.2, -0.15) is 0 Å². The van der Waals surface area contributed by atoms with Gasteiger partial charge < -0.3 is 0 Å². The van der Waals surface area contributed by atoms with E-state index in [-0.39, 0.29) is 0 Å². The van der Waals surface area contributed by atoms with Gasteiger partial charge in [-0.15, -0.1) is 0 Å².